The van der Waals surface area contributed by atoms with Crippen LogP contribution in [0.15, 0.2) is 15.2 Å². The maximum absolute atomic E-state index is 4.46. The summed E-state index contributed by atoms with van der Waals surface area (Å²) in [7, 11) is 0. The highest BCUT2D eigenvalue weighted by molar-refractivity contribution is 14.1. The van der Waals surface area contributed by atoms with Gasteiger partial charge in [0, 0.05) is 12.3 Å². The van der Waals surface area contributed by atoms with Gasteiger partial charge >= 0.3 is 0 Å². The SMILES string of the molecule is CCC(CC)=NCC/C=C\I. The molecule has 0 heterocycles. The van der Waals surface area contributed by atoms with Crippen molar-refractivity contribution in [3.63, 3.8) is 0 Å². The van der Waals surface area contributed by atoms with Crippen molar-refractivity contribution in [3.8, 4) is 0 Å². The summed E-state index contributed by atoms with van der Waals surface area (Å²) in [4.78, 5) is 4.46. The Morgan fingerprint density at radius 3 is 2.45 bits per heavy atom. The smallest absolute Gasteiger partial charge is 0.0423 e. The Labute approximate surface area is 83.1 Å². The molecule has 0 radical (unpaired) electrons. The molecular weight excluding hydrogens is 249 g/mol. The summed E-state index contributed by atoms with van der Waals surface area (Å²) in [6.07, 6.45) is 5.42. The molecule has 0 aliphatic rings. The molecular formula is C9H16IN. The minimum Gasteiger partial charge on any atom is -0.294 e. The molecule has 0 saturated heterocycles. The second-order valence-electron chi connectivity index (χ2n) is 2.31. The predicted octanol–water partition coefficient (Wildman–Crippen LogP) is 3.59. The molecule has 1 nitrogen and oxygen atoms in total. The summed E-state index contributed by atoms with van der Waals surface area (Å²) < 4.78 is 2.05. The first-order chi connectivity index (χ1) is 5.35. The normalized spacial score (nSPS) is 10.5. The minimum atomic E-state index is 0.955. The third-order valence-corrected chi connectivity index (χ3v) is 2.05. The Hall–Kier alpha value is 0.140. The summed E-state index contributed by atoms with van der Waals surface area (Å²) in [5, 5.41) is 0. The van der Waals surface area contributed by atoms with Crippen molar-refractivity contribution < 1.29 is 0 Å². The number of nitrogens with zero attached hydrogens (tertiary/aromatic N) is 1. The molecule has 0 amide bonds. The Morgan fingerprint density at radius 1 is 1.36 bits per heavy atom. The van der Waals surface area contributed by atoms with Gasteiger partial charge in [-0.15, -0.1) is 0 Å². The number of halogens is 1. The zero-order chi connectivity index (χ0) is 8.53. The van der Waals surface area contributed by atoms with Crippen LogP contribution in [0.1, 0.15) is 33.1 Å². The van der Waals surface area contributed by atoms with E-state index in [4.69, 9.17) is 0 Å². The van der Waals surface area contributed by atoms with E-state index >= 15 is 0 Å². The molecule has 0 aromatic carbocycles. The first-order valence-electron chi connectivity index (χ1n) is 4.12. The highest BCUT2D eigenvalue weighted by Gasteiger charge is 1.88. The fourth-order valence-corrected chi connectivity index (χ4v) is 1.19. The highest BCUT2D eigenvalue weighted by Crippen LogP contribution is 1.95. The van der Waals surface area contributed by atoms with Crippen LogP contribution in [0.4, 0.5) is 0 Å². The third-order valence-electron chi connectivity index (χ3n) is 1.54. The van der Waals surface area contributed by atoms with Gasteiger partial charge in [-0.3, -0.25) is 4.99 Å². The summed E-state index contributed by atoms with van der Waals surface area (Å²) in [6.45, 7) is 5.28. The highest BCUT2D eigenvalue weighted by atomic mass is 127. The Morgan fingerprint density at radius 2 is 2.00 bits per heavy atom. The van der Waals surface area contributed by atoms with Crippen LogP contribution in [0.25, 0.3) is 0 Å². The Bertz CT molecular complexity index is 132. The third kappa shape index (κ3) is 6.53. The fourth-order valence-electron chi connectivity index (χ4n) is 0.834. The van der Waals surface area contributed by atoms with Crippen LogP contribution in [-0.2, 0) is 0 Å². The largest absolute Gasteiger partial charge is 0.294 e. The van der Waals surface area contributed by atoms with E-state index < -0.39 is 0 Å². The molecule has 2 heteroatoms. The van der Waals surface area contributed by atoms with E-state index in [9.17, 15) is 0 Å². The first-order valence-corrected chi connectivity index (χ1v) is 5.37. The molecule has 0 aromatic rings. The molecule has 11 heavy (non-hydrogen) atoms. The van der Waals surface area contributed by atoms with Crippen LogP contribution >= 0.6 is 22.6 Å². The van der Waals surface area contributed by atoms with Crippen LogP contribution in [-0.4, -0.2) is 12.3 Å². The maximum atomic E-state index is 4.46. The van der Waals surface area contributed by atoms with E-state index in [2.05, 4.69) is 47.5 Å². The molecule has 64 valence electrons. The van der Waals surface area contributed by atoms with Gasteiger partial charge in [-0.25, -0.2) is 0 Å². The van der Waals surface area contributed by atoms with Gasteiger partial charge in [-0.05, 0) is 23.3 Å². The minimum absolute atomic E-state index is 0.955. The van der Waals surface area contributed by atoms with Crippen molar-refractivity contribution >= 4 is 28.3 Å². The van der Waals surface area contributed by atoms with E-state index in [1.807, 2.05) is 4.08 Å². The lowest BCUT2D eigenvalue weighted by molar-refractivity contribution is 0.979. The van der Waals surface area contributed by atoms with Gasteiger partial charge < -0.3 is 0 Å². The molecule has 0 unspecified atom stereocenters. The maximum Gasteiger partial charge on any atom is 0.0423 e. The molecule has 0 fully saturated rings. The van der Waals surface area contributed by atoms with Crippen LogP contribution in [0.2, 0.25) is 0 Å². The Kier molecular flexibility index (Phi) is 8.34. The molecule has 0 aromatic heterocycles. The monoisotopic (exact) mass is 265 g/mol. The Balaban J connectivity index is 3.52. The van der Waals surface area contributed by atoms with Crippen LogP contribution in [0.5, 0.6) is 0 Å². The van der Waals surface area contributed by atoms with E-state index in [1.165, 1.54) is 5.71 Å². The van der Waals surface area contributed by atoms with Gasteiger partial charge in [-0.2, -0.15) is 0 Å². The van der Waals surface area contributed by atoms with E-state index in [0.717, 1.165) is 25.8 Å². The molecule has 0 N–H and O–H groups in total. The number of aliphatic imine (C=N–C) groups is 1. The van der Waals surface area contributed by atoms with Gasteiger partial charge in [0.1, 0.15) is 0 Å². The molecule has 0 aliphatic heterocycles. The van der Waals surface area contributed by atoms with Crippen LogP contribution in [0, 0.1) is 0 Å². The average molecular weight is 265 g/mol. The fraction of sp³-hybridized carbons (Fsp3) is 0.667. The van der Waals surface area contributed by atoms with E-state index in [0.29, 0.717) is 0 Å². The molecule has 0 aliphatic carbocycles. The summed E-state index contributed by atoms with van der Waals surface area (Å²) >= 11 is 2.23. The summed E-state index contributed by atoms with van der Waals surface area (Å²) in [5.41, 5.74) is 1.34. The molecule has 0 rings (SSSR count). The van der Waals surface area contributed by atoms with Crippen molar-refractivity contribution in [2.45, 2.75) is 33.1 Å². The van der Waals surface area contributed by atoms with Crippen molar-refractivity contribution in [2.24, 2.45) is 4.99 Å². The lowest BCUT2D eigenvalue weighted by Crippen LogP contribution is -1.94. The van der Waals surface area contributed by atoms with E-state index in [1.54, 1.807) is 0 Å². The zero-order valence-electron chi connectivity index (χ0n) is 7.31. The first kappa shape index (κ1) is 11.1. The predicted molar refractivity (Wildman–Crippen MR) is 60.7 cm³/mol. The molecule has 0 spiro atoms. The lowest BCUT2D eigenvalue weighted by Gasteiger charge is -1.97. The summed E-state index contributed by atoms with van der Waals surface area (Å²) in [5.74, 6) is 0. The van der Waals surface area contributed by atoms with Gasteiger partial charge in [0.05, 0.1) is 0 Å². The number of rotatable bonds is 5. The van der Waals surface area contributed by atoms with Crippen molar-refractivity contribution in [1.82, 2.24) is 0 Å². The summed E-state index contributed by atoms with van der Waals surface area (Å²) in [6, 6.07) is 0. The standard InChI is InChI=1S/C9H16IN/c1-3-9(4-2)11-8-6-5-7-10/h5,7H,3-4,6,8H2,1-2H3/b7-5-. The molecule has 0 saturated carbocycles. The lowest BCUT2D eigenvalue weighted by atomic mass is 10.2. The zero-order valence-corrected chi connectivity index (χ0v) is 9.47. The van der Waals surface area contributed by atoms with Gasteiger partial charge in [0.2, 0.25) is 0 Å². The molecule has 0 atom stereocenters. The quantitative estimate of drug-likeness (QED) is 0.409. The van der Waals surface area contributed by atoms with Gasteiger partial charge in [0.15, 0.2) is 0 Å². The topological polar surface area (TPSA) is 12.4 Å². The van der Waals surface area contributed by atoms with Crippen molar-refractivity contribution in [1.29, 1.82) is 0 Å². The second-order valence-corrected chi connectivity index (χ2v) is 3.02. The number of hydrogen-bond acceptors (Lipinski definition) is 1. The second kappa shape index (κ2) is 8.24. The van der Waals surface area contributed by atoms with Gasteiger partial charge in [-0.1, -0.05) is 42.5 Å². The van der Waals surface area contributed by atoms with Crippen LogP contribution in [0.3, 0.4) is 0 Å². The van der Waals surface area contributed by atoms with Gasteiger partial charge in [0.25, 0.3) is 0 Å². The average Bonchev–Trinajstić information content (AvgIpc) is 2.05. The van der Waals surface area contributed by atoms with E-state index in [-0.39, 0.29) is 0 Å². The van der Waals surface area contributed by atoms with Crippen LogP contribution < -0.4 is 0 Å². The molecule has 0 bridgehead atoms. The van der Waals surface area contributed by atoms with Crippen molar-refractivity contribution in [3.05, 3.63) is 10.2 Å². The number of hydrogen-bond donors (Lipinski definition) is 0. The van der Waals surface area contributed by atoms with Crippen molar-refractivity contribution in [2.75, 3.05) is 6.54 Å².